The summed E-state index contributed by atoms with van der Waals surface area (Å²) in [6.45, 7) is 2.28. The van der Waals surface area contributed by atoms with Crippen LogP contribution in [0.5, 0.6) is 5.75 Å². The number of rotatable bonds is 4. The van der Waals surface area contributed by atoms with Gasteiger partial charge in [0, 0.05) is 5.41 Å². The fourth-order valence-electron chi connectivity index (χ4n) is 2.97. The molecule has 0 amide bonds. The van der Waals surface area contributed by atoms with Crippen molar-refractivity contribution in [3.8, 4) is 5.75 Å². The first kappa shape index (κ1) is 14.4. The molecular weight excluding hydrogens is 268 g/mol. The van der Waals surface area contributed by atoms with E-state index >= 15 is 0 Å². The van der Waals surface area contributed by atoms with Crippen LogP contribution in [0, 0.1) is 0 Å². The zero-order valence-electron chi connectivity index (χ0n) is 13.0. The summed E-state index contributed by atoms with van der Waals surface area (Å²) in [4.78, 5) is 0. The molecule has 0 aliphatic carbocycles. The Hall–Kier alpha value is -2.54. The van der Waals surface area contributed by atoms with Gasteiger partial charge in [-0.25, -0.2) is 0 Å². The first-order valence-corrected chi connectivity index (χ1v) is 7.51. The van der Waals surface area contributed by atoms with Gasteiger partial charge in [0.05, 0.1) is 7.11 Å². The van der Waals surface area contributed by atoms with Crippen LogP contribution in [0.25, 0.3) is 0 Å². The summed E-state index contributed by atoms with van der Waals surface area (Å²) in [5.41, 5.74) is 3.64. The molecule has 0 atom stereocenters. The molecule has 0 saturated heterocycles. The molecule has 1 heteroatoms. The van der Waals surface area contributed by atoms with Crippen molar-refractivity contribution in [2.75, 3.05) is 7.11 Å². The molecule has 0 saturated carbocycles. The Bertz CT molecular complexity index is 675. The molecule has 0 bridgehead atoms. The number of hydrogen-bond donors (Lipinski definition) is 0. The van der Waals surface area contributed by atoms with Gasteiger partial charge in [-0.2, -0.15) is 0 Å². The van der Waals surface area contributed by atoms with E-state index in [1.165, 1.54) is 16.7 Å². The van der Waals surface area contributed by atoms with E-state index in [1.54, 1.807) is 7.11 Å². The van der Waals surface area contributed by atoms with Gasteiger partial charge >= 0.3 is 0 Å². The normalized spacial score (nSPS) is 11.2. The van der Waals surface area contributed by atoms with Crippen LogP contribution in [-0.4, -0.2) is 7.11 Å². The third kappa shape index (κ3) is 2.50. The average Bonchev–Trinajstić information content (AvgIpc) is 2.62. The second kappa shape index (κ2) is 6.07. The van der Waals surface area contributed by atoms with Crippen LogP contribution in [0.2, 0.25) is 0 Å². The summed E-state index contributed by atoms with van der Waals surface area (Å²) in [6, 6.07) is 29.6. The van der Waals surface area contributed by atoms with Gasteiger partial charge in [0.2, 0.25) is 0 Å². The van der Waals surface area contributed by atoms with E-state index in [-0.39, 0.29) is 5.41 Å². The summed E-state index contributed by atoms with van der Waals surface area (Å²) in [6.07, 6.45) is 0. The van der Waals surface area contributed by atoms with Crippen LogP contribution >= 0.6 is 0 Å². The Morgan fingerprint density at radius 3 is 1.41 bits per heavy atom. The SMILES string of the molecule is COc1ccc(C(C)(c2ccccc2)c2ccccc2)cc1. The van der Waals surface area contributed by atoms with Crippen LogP contribution in [0.1, 0.15) is 23.6 Å². The molecule has 0 aliphatic rings. The largest absolute Gasteiger partial charge is 0.497 e. The predicted molar refractivity (Wildman–Crippen MR) is 91.4 cm³/mol. The Morgan fingerprint density at radius 2 is 1.00 bits per heavy atom. The van der Waals surface area contributed by atoms with Crippen molar-refractivity contribution in [1.29, 1.82) is 0 Å². The van der Waals surface area contributed by atoms with Crippen LogP contribution in [0.3, 0.4) is 0 Å². The van der Waals surface area contributed by atoms with Gasteiger partial charge in [-0.05, 0) is 35.7 Å². The Morgan fingerprint density at radius 1 is 0.591 bits per heavy atom. The highest BCUT2D eigenvalue weighted by Crippen LogP contribution is 2.39. The van der Waals surface area contributed by atoms with E-state index in [2.05, 4.69) is 79.7 Å². The van der Waals surface area contributed by atoms with Gasteiger partial charge in [-0.1, -0.05) is 72.8 Å². The van der Waals surface area contributed by atoms with Crippen LogP contribution in [0.4, 0.5) is 0 Å². The van der Waals surface area contributed by atoms with Gasteiger partial charge in [0.15, 0.2) is 0 Å². The van der Waals surface area contributed by atoms with Crippen molar-refractivity contribution in [3.05, 3.63) is 102 Å². The smallest absolute Gasteiger partial charge is 0.118 e. The highest BCUT2D eigenvalue weighted by Gasteiger charge is 2.30. The minimum absolute atomic E-state index is 0.186. The summed E-state index contributed by atoms with van der Waals surface area (Å²) >= 11 is 0. The van der Waals surface area contributed by atoms with Gasteiger partial charge in [-0.15, -0.1) is 0 Å². The van der Waals surface area contributed by atoms with Gasteiger partial charge < -0.3 is 4.74 Å². The van der Waals surface area contributed by atoms with Gasteiger partial charge in [-0.3, -0.25) is 0 Å². The van der Waals surface area contributed by atoms with Crippen LogP contribution in [0.15, 0.2) is 84.9 Å². The highest BCUT2D eigenvalue weighted by molar-refractivity contribution is 5.50. The molecule has 0 N–H and O–H groups in total. The van der Waals surface area contributed by atoms with E-state index in [1.807, 2.05) is 12.1 Å². The van der Waals surface area contributed by atoms with Gasteiger partial charge in [0.25, 0.3) is 0 Å². The fourth-order valence-corrected chi connectivity index (χ4v) is 2.97. The molecule has 3 aromatic rings. The predicted octanol–water partition coefficient (Wildman–Crippen LogP) is 5.05. The Labute approximate surface area is 132 Å². The van der Waals surface area contributed by atoms with E-state index in [9.17, 15) is 0 Å². The summed E-state index contributed by atoms with van der Waals surface area (Å²) < 4.78 is 5.29. The number of methoxy groups -OCH3 is 1. The second-order valence-corrected chi connectivity index (χ2v) is 5.59. The molecule has 1 nitrogen and oxygen atoms in total. The standard InChI is InChI=1S/C21H20O/c1-21(17-9-5-3-6-10-17,18-11-7-4-8-12-18)19-13-15-20(22-2)16-14-19/h3-16H,1-2H3. The maximum Gasteiger partial charge on any atom is 0.118 e. The maximum atomic E-state index is 5.29. The quantitative estimate of drug-likeness (QED) is 0.610. The van der Waals surface area contributed by atoms with E-state index in [0.29, 0.717) is 0 Å². The molecule has 3 aromatic carbocycles. The molecule has 0 unspecified atom stereocenters. The number of hydrogen-bond acceptors (Lipinski definition) is 1. The van der Waals surface area contributed by atoms with Crippen molar-refractivity contribution >= 4 is 0 Å². The molecule has 0 heterocycles. The molecule has 0 aliphatic heterocycles. The monoisotopic (exact) mass is 288 g/mol. The maximum absolute atomic E-state index is 5.29. The molecule has 22 heavy (non-hydrogen) atoms. The third-order valence-electron chi connectivity index (χ3n) is 4.37. The summed E-state index contributed by atoms with van der Waals surface area (Å²) in [7, 11) is 1.70. The number of benzene rings is 3. The number of ether oxygens (including phenoxy) is 1. The zero-order valence-corrected chi connectivity index (χ0v) is 13.0. The highest BCUT2D eigenvalue weighted by atomic mass is 16.5. The van der Waals surface area contributed by atoms with Crippen molar-refractivity contribution in [2.24, 2.45) is 0 Å². The fraction of sp³-hybridized carbons (Fsp3) is 0.143. The lowest BCUT2D eigenvalue weighted by atomic mass is 9.71. The lowest BCUT2D eigenvalue weighted by Gasteiger charge is -2.32. The lowest BCUT2D eigenvalue weighted by molar-refractivity contribution is 0.414. The minimum atomic E-state index is -0.186. The van der Waals surface area contributed by atoms with E-state index in [0.717, 1.165) is 5.75 Å². The molecular formula is C21H20O. The van der Waals surface area contributed by atoms with Crippen molar-refractivity contribution in [2.45, 2.75) is 12.3 Å². The van der Waals surface area contributed by atoms with Crippen molar-refractivity contribution in [1.82, 2.24) is 0 Å². The minimum Gasteiger partial charge on any atom is -0.497 e. The van der Waals surface area contributed by atoms with Gasteiger partial charge in [0.1, 0.15) is 5.75 Å². The molecule has 0 aromatic heterocycles. The van der Waals surface area contributed by atoms with Crippen molar-refractivity contribution < 1.29 is 4.74 Å². The summed E-state index contributed by atoms with van der Waals surface area (Å²) in [5, 5.41) is 0. The van der Waals surface area contributed by atoms with Crippen molar-refractivity contribution in [3.63, 3.8) is 0 Å². The van der Waals surface area contributed by atoms with E-state index in [4.69, 9.17) is 4.74 Å². The Kier molecular flexibility index (Phi) is 3.97. The second-order valence-electron chi connectivity index (χ2n) is 5.59. The molecule has 0 radical (unpaired) electrons. The zero-order chi connectivity index (χ0) is 15.4. The van der Waals surface area contributed by atoms with Crippen LogP contribution in [-0.2, 0) is 5.41 Å². The van der Waals surface area contributed by atoms with E-state index < -0.39 is 0 Å². The molecule has 0 fully saturated rings. The average molecular weight is 288 g/mol. The lowest BCUT2D eigenvalue weighted by Crippen LogP contribution is -2.25. The Balaban J connectivity index is 2.18. The molecule has 0 spiro atoms. The topological polar surface area (TPSA) is 9.23 Å². The molecule has 110 valence electrons. The molecule has 3 rings (SSSR count). The first-order chi connectivity index (χ1) is 10.7. The van der Waals surface area contributed by atoms with Crippen LogP contribution < -0.4 is 4.74 Å². The summed E-state index contributed by atoms with van der Waals surface area (Å²) in [5.74, 6) is 0.882. The third-order valence-corrected chi connectivity index (χ3v) is 4.37. The first-order valence-electron chi connectivity index (χ1n) is 7.51.